The molecule has 0 aliphatic carbocycles. The lowest BCUT2D eigenvalue weighted by Gasteiger charge is -2.14. The predicted molar refractivity (Wildman–Crippen MR) is 83.5 cm³/mol. The monoisotopic (exact) mass is 352 g/mol. The summed E-state index contributed by atoms with van der Waals surface area (Å²) in [6.07, 6.45) is 0.900. The summed E-state index contributed by atoms with van der Waals surface area (Å²) in [7, 11) is 0. The molecule has 0 saturated heterocycles. The van der Waals surface area contributed by atoms with Gasteiger partial charge in [-0.3, -0.25) is 0 Å². The van der Waals surface area contributed by atoms with Crippen LogP contribution in [0.3, 0.4) is 0 Å². The van der Waals surface area contributed by atoms with Crippen molar-refractivity contribution in [1.82, 2.24) is 0 Å². The van der Waals surface area contributed by atoms with Gasteiger partial charge in [-0.2, -0.15) is 0 Å². The minimum absolute atomic E-state index is 0.531. The molecule has 2 aromatic rings. The highest BCUT2D eigenvalue weighted by Gasteiger charge is 2.20. The van der Waals surface area contributed by atoms with Gasteiger partial charge in [-0.15, -0.1) is 0 Å². The minimum Gasteiger partial charge on any atom is -0.493 e. The molecule has 0 amide bonds. The zero-order valence-corrected chi connectivity index (χ0v) is 13.1. The zero-order valence-electron chi connectivity index (χ0n) is 10.8. The average molecular weight is 354 g/mol. The third-order valence-corrected chi connectivity index (χ3v) is 4.20. The van der Waals surface area contributed by atoms with Crippen LogP contribution in [0.5, 0.6) is 5.75 Å². The van der Waals surface area contributed by atoms with E-state index in [1.54, 1.807) is 12.1 Å². The van der Waals surface area contributed by atoms with E-state index >= 15 is 0 Å². The second-order valence-corrected chi connectivity index (χ2v) is 6.28. The first-order valence-corrected chi connectivity index (χ1v) is 7.68. The molecule has 0 spiro atoms. The van der Waals surface area contributed by atoms with Crippen molar-refractivity contribution >= 4 is 27.5 Å². The predicted octanol–water partition coefficient (Wildman–Crippen LogP) is 4.31. The molecule has 1 aliphatic heterocycles. The number of fused-ring (bicyclic) bond motifs is 1. The van der Waals surface area contributed by atoms with Crippen LogP contribution in [0.1, 0.15) is 22.8 Å². The fourth-order valence-electron chi connectivity index (χ4n) is 2.51. The quantitative estimate of drug-likeness (QED) is 0.891. The number of ether oxygens (including phenoxy) is 1. The van der Waals surface area contributed by atoms with Gasteiger partial charge in [-0.05, 0) is 41.0 Å². The van der Waals surface area contributed by atoms with Gasteiger partial charge < -0.3 is 9.84 Å². The second-order valence-electron chi connectivity index (χ2n) is 4.92. The summed E-state index contributed by atoms with van der Waals surface area (Å²) < 4.78 is 6.72. The Kier molecular flexibility index (Phi) is 4.01. The molecular weight excluding hydrogens is 340 g/mol. The van der Waals surface area contributed by atoms with Crippen LogP contribution in [0.15, 0.2) is 40.9 Å². The van der Waals surface area contributed by atoms with E-state index in [-0.39, 0.29) is 0 Å². The second kappa shape index (κ2) is 5.76. The molecule has 0 bridgehead atoms. The molecule has 1 unspecified atom stereocenters. The van der Waals surface area contributed by atoms with E-state index in [1.165, 1.54) is 5.56 Å². The van der Waals surface area contributed by atoms with Gasteiger partial charge in [0.05, 0.1) is 12.7 Å². The topological polar surface area (TPSA) is 29.5 Å². The summed E-state index contributed by atoms with van der Waals surface area (Å²) in [4.78, 5) is 0. The normalized spacial score (nSPS) is 14.8. The highest BCUT2D eigenvalue weighted by Crippen LogP contribution is 2.35. The molecule has 2 aromatic carbocycles. The molecule has 0 saturated carbocycles. The number of aliphatic hydroxyl groups is 1. The Labute approximate surface area is 131 Å². The van der Waals surface area contributed by atoms with Crippen molar-refractivity contribution in [3.8, 4) is 5.75 Å². The summed E-state index contributed by atoms with van der Waals surface area (Å²) in [6, 6.07) is 11.4. The van der Waals surface area contributed by atoms with E-state index in [1.807, 2.05) is 18.2 Å². The molecule has 3 rings (SSSR count). The number of hydrogen-bond donors (Lipinski definition) is 1. The molecule has 104 valence electrons. The molecule has 0 aromatic heterocycles. The van der Waals surface area contributed by atoms with Crippen LogP contribution in [-0.2, 0) is 12.8 Å². The third-order valence-electron chi connectivity index (χ3n) is 3.49. The van der Waals surface area contributed by atoms with Gasteiger partial charge in [0.1, 0.15) is 5.75 Å². The van der Waals surface area contributed by atoms with Crippen LogP contribution in [0.4, 0.5) is 0 Å². The van der Waals surface area contributed by atoms with Gasteiger partial charge in [0.2, 0.25) is 0 Å². The SMILES string of the molecule is OC(Cc1cc(Br)cc2c1OCC2)c1ccc(Cl)cc1. The number of benzene rings is 2. The van der Waals surface area contributed by atoms with Crippen molar-refractivity contribution in [1.29, 1.82) is 0 Å². The molecule has 1 aliphatic rings. The van der Waals surface area contributed by atoms with Crippen molar-refractivity contribution < 1.29 is 9.84 Å². The largest absolute Gasteiger partial charge is 0.493 e. The molecule has 4 heteroatoms. The van der Waals surface area contributed by atoms with Crippen molar-refractivity contribution in [2.75, 3.05) is 6.61 Å². The van der Waals surface area contributed by atoms with Crippen molar-refractivity contribution in [3.63, 3.8) is 0 Å². The van der Waals surface area contributed by atoms with Gasteiger partial charge in [0.25, 0.3) is 0 Å². The van der Waals surface area contributed by atoms with Crippen LogP contribution in [-0.4, -0.2) is 11.7 Å². The van der Waals surface area contributed by atoms with Crippen LogP contribution < -0.4 is 4.74 Å². The van der Waals surface area contributed by atoms with Crippen molar-refractivity contribution in [2.24, 2.45) is 0 Å². The maximum absolute atomic E-state index is 10.4. The third kappa shape index (κ3) is 2.85. The molecule has 1 atom stereocenters. The Morgan fingerprint density at radius 2 is 2.00 bits per heavy atom. The van der Waals surface area contributed by atoms with Gasteiger partial charge in [0.15, 0.2) is 0 Å². The number of hydrogen-bond acceptors (Lipinski definition) is 2. The molecule has 0 radical (unpaired) electrons. The van der Waals surface area contributed by atoms with Crippen LogP contribution in [0.2, 0.25) is 5.02 Å². The number of halogens is 2. The Morgan fingerprint density at radius 1 is 1.25 bits per heavy atom. The van der Waals surface area contributed by atoms with Crippen molar-refractivity contribution in [3.05, 3.63) is 62.6 Å². The molecule has 0 fully saturated rings. The van der Waals surface area contributed by atoms with Gasteiger partial charge >= 0.3 is 0 Å². The Bertz CT molecular complexity index is 625. The Morgan fingerprint density at radius 3 is 2.75 bits per heavy atom. The van der Waals surface area contributed by atoms with Crippen LogP contribution in [0.25, 0.3) is 0 Å². The van der Waals surface area contributed by atoms with Gasteiger partial charge in [-0.1, -0.05) is 39.7 Å². The minimum atomic E-state index is -0.560. The standard InChI is InChI=1S/C16H14BrClO2/c17-13-7-11-5-6-20-16(11)12(8-13)9-15(19)10-1-3-14(18)4-2-10/h1-4,7-8,15,19H,5-6,9H2. The molecule has 1 N–H and O–H groups in total. The first-order chi connectivity index (χ1) is 9.63. The lowest BCUT2D eigenvalue weighted by molar-refractivity contribution is 0.177. The molecular formula is C16H14BrClO2. The fraction of sp³-hybridized carbons (Fsp3) is 0.250. The first kappa shape index (κ1) is 13.9. The number of aliphatic hydroxyl groups excluding tert-OH is 1. The summed E-state index contributed by atoms with van der Waals surface area (Å²) in [5, 5.41) is 11.0. The maximum Gasteiger partial charge on any atom is 0.125 e. The fourth-order valence-corrected chi connectivity index (χ4v) is 3.19. The zero-order chi connectivity index (χ0) is 14.1. The highest BCUT2D eigenvalue weighted by molar-refractivity contribution is 9.10. The lowest BCUT2D eigenvalue weighted by Crippen LogP contribution is -2.03. The number of rotatable bonds is 3. The summed E-state index contributed by atoms with van der Waals surface area (Å²) in [5.41, 5.74) is 3.10. The highest BCUT2D eigenvalue weighted by atomic mass is 79.9. The van der Waals surface area contributed by atoms with E-state index in [9.17, 15) is 5.11 Å². The summed E-state index contributed by atoms with van der Waals surface area (Å²) in [6.45, 7) is 0.718. The smallest absolute Gasteiger partial charge is 0.125 e. The average Bonchev–Trinajstić information content (AvgIpc) is 2.87. The van der Waals surface area contributed by atoms with Gasteiger partial charge in [0, 0.05) is 22.3 Å². The Balaban J connectivity index is 1.86. The van der Waals surface area contributed by atoms with E-state index in [4.69, 9.17) is 16.3 Å². The molecule has 20 heavy (non-hydrogen) atoms. The maximum atomic E-state index is 10.4. The van der Waals surface area contributed by atoms with Crippen LogP contribution >= 0.6 is 27.5 Å². The lowest BCUT2D eigenvalue weighted by atomic mass is 9.99. The first-order valence-electron chi connectivity index (χ1n) is 6.51. The summed E-state index contributed by atoms with van der Waals surface area (Å²) in [5.74, 6) is 0.932. The Hall–Kier alpha value is -1.03. The van der Waals surface area contributed by atoms with E-state index in [0.29, 0.717) is 11.4 Å². The molecule has 1 heterocycles. The van der Waals surface area contributed by atoms with E-state index < -0.39 is 6.10 Å². The van der Waals surface area contributed by atoms with Gasteiger partial charge in [-0.25, -0.2) is 0 Å². The van der Waals surface area contributed by atoms with E-state index in [0.717, 1.165) is 34.4 Å². The summed E-state index contributed by atoms with van der Waals surface area (Å²) >= 11 is 9.38. The molecule has 2 nitrogen and oxygen atoms in total. The van der Waals surface area contributed by atoms with Crippen molar-refractivity contribution in [2.45, 2.75) is 18.9 Å². The van der Waals surface area contributed by atoms with E-state index in [2.05, 4.69) is 22.0 Å². The van der Waals surface area contributed by atoms with Crippen LogP contribution in [0, 0.1) is 0 Å².